The Hall–Kier alpha value is -3.55. The van der Waals surface area contributed by atoms with Crippen molar-refractivity contribution < 1.29 is 9.53 Å². The molecule has 1 aliphatic rings. The van der Waals surface area contributed by atoms with E-state index in [1.807, 2.05) is 28.8 Å². The number of pyridine rings is 1. The number of imidazole rings is 1. The second kappa shape index (κ2) is 7.59. The van der Waals surface area contributed by atoms with E-state index in [-0.39, 0.29) is 11.6 Å². The molecule has 1 aromatic carbocycles. The maximum Gasteiger partial charge on any atom is 0.317 e. The number of nitrogens with one attached hydrogen (secondary N) is 2. The average Bonchev–Trinajstić information content (AvgIpc) is 3.32. The molecule has 8 heteroatoms. The van der Waals surface area contributed by atoms with Gasteiger partial charge in [0.1, 0.15) is 5.75 Å². The third-order valence-corrected chi connectivity index (χ3v) is 4.81. The van der Waals surface area contributed by atoms with Gasteiger partial charge in [0.2, 0.25) is 0 Å². The number of aromatic nitrogens is 3. The van der Waals surface area contributed by atoms with Crippen molar-refractivity contribution in [2.45, 2.75) is 6.54 Å². The van der Waals surface area contributed by atoms with Gasteiger partial charge in [-0.05, 0) is 24.3 Å². The Morgan fingerprint density at radius 1 is 1.18 bits per heavy atom. The molecule has 0 radical (unpaired) electrons. The van der Waals surface area contributed by atoms with Gasteiger partial charge in [-0.2, -0.15) is 0 Å². The molecule has 144 valence electrons. The van der Waals surface area contributed by atoms with Crippen molar-refractivity contribution in [2.75, 3.05) is 26.7 Å². The number of ether oxygens (including phenoxy) is 1. The predicted octanol–water partition coefficient (Wildman–Crippen LogP) is 1.94. The van der Waals surface area contributed by atoms with E-state index in [0.717, 1.165) is 11.3 Å². The number of carbonyl (C=O) groups excluding carboxylic acids is 1. The largest absolute Gasteiger partial charge is 0.497 e. The monoisotopic (exact) mass is 379 g/mol. The highest BCUT2D eigenvalue weighted by Crippen LogP contribution is 2.31. The van der Waals surface area contributed by atoms with E-state index in [2.05, 4.69) is 15.3 Å². The highest BCUT2D eigenvalue weighted by Gasteiger charge is 2.21. The molecule has 28 heavy (non-hydrogen) atoms. The lowest BCUT2D eigenvalue weighted by atomic mass is 10.1. The first-order valence-electron chi connectivity index (χ1n) is 9.08. The van der Waals surface area contributed by atoms with Gasteiger partial charge in [-0.25, -0.2) is 9.78 Å². The molecule has 2 N–H and O–H groups in total. The molecule has 0 bridgehead atoms. The predicted molar refractivity (Wildman–Crippen MR) is 105 cm³/mol. The lowest BCUT2D eigenvalue weighted by Crippen LogP contribution is -2.31. The van der Waals surface area contributed by atoms with Crippen LogP contribution >= 0.6 is 0 Å². The highest BCUT2D eigenvalue weighted by atomic mass is 16.5. The molecule has 3 aromatic rings. The van der Waals surface area contributed by atoms with Gasteiger partial charge in [0.15, 0.2) is 0 Å². The highest BCUT2D eigenvalue weighted by molar-refractivity contribution is 5.79. The first-order valence-corrected chi connectivity index (χ1v) is 9.08. The molecule has 0 atom stereocenters. The van der Waals surface area contributed by atoms with Crippen LogP contribution in [0, 0.1) is 0 Å². The number of urea groups is 1. The molecule has 0 aliphatic carbocycles. The number of H-pyrrole nitrogens is 1. The molecular weight excluding hydrogens is 358 g/mol. The van der Waals surface area contributed by atoms with Gasteiger partial charge >= 0.3 is 6.03 Å². The van der Waals surface area contributed by atoms with Crippen LogP contribution in [-0.2, 0) is 6.54 Å². The van der Waals surface area contributed by atoms with E-state index in [1.54, 1.807) is 36.7 Å². The number of aromatic amines is 1. The normalized spacial score (nSPS) is 13.6. The Morgan fingerprint density at radius 3 is 2.82 bits per heavy atom. The smallest absolute Gasteiger partial charge is 0.317 e. The number of hydrogen-bond acceptors (Lipinski definition) is 4. The topological polar surface area (TPSA) is 92.2 Å². The molecule has 0 saturated carbocycles. The van der Waals surface area contributed by atoms with Crippen molar-refractivity contribution in [3.05, 3.63) is 59.3 Å². The van der Waals surface area contributed by atoms with Crippen molar-refractivity contribution in [3.63, 3.8) is 0 Å². The van der Waals surface area contributed by atoms with Crippen LogP contribution in [0.2, 0.25) is 0 Å². The molecule has 4 rings (SSSR count). The van der Waals surface area contributed by atoms with Crippen LogP contribution in [0.1, 0.15) is 0 Å². The first-order chi connectivity index (χ1) is 13.7. The summed E-state index contributed by atoms with van der Waals surface area (Å²) in [5, 5.41) is 2.80. The third kappa shape index (κ3) is 3.36. The van der Waals surface area contributed by atoms with Crippen molar-refractivity contribution in [2.24, 2.45) is 0 Å². The zero-order chi connectivity index (χ0) is 19.5. The van der Waals surface area contributed by atoms with Crippen LogP contribution in [0.25, 0.3) is 22.5 Å². The van der Waals surface area contributed by atoms with Crippen molar-refractivity contribution in [3.8, 4) is 28.3 Å². The van der Waals surface area contributed by atoms with Gasteiger partial charge in [0, 0.05) is 37.9 Å². The van der Waals surface area contributed by atoms with E-state index in [9.17, 15) is 9.59 Å². The number of methoxy groups -OCH3 is 1. The minimum absolute atomic E-state index is 0.0627. The summed E-state index contributed by atoms with van der Waals surface area (Å²) in [4.78, 5) is 33.4. The fourth-order valence-corrected chi connectivity index (χ4v) is 3.38. The summed E-state index contributed by atoms with van der Waals surface area (Å²) in [5.74, 6) is 0.716. The number of hydrogen-bond donors (Lipinski definition) is 2. The van der Waals surface area contributed by atoms with Gasteiger partial charge in [0.25, 0.3) is 5.56 Å². The molecule has 3 heterocycles. The Labute approximate surface area is 161 Å². The molecule has 1 fully saturated rings. The summed E-state index contributed by atoms with van der Waals surface area (Å²) in [6, 6.07) is 11.1. The van der Waals surface area contributed by atoms with Gasteiger partial charge in [0.05, 0.1) is 30.4 Å². The second-order valence-electron chi connectivity index (χ2n) is 6.50. The molecule has 2 aromatic heterocycles. The number of benzene rings is 1. The minimum atomic E-state index is -0.188. The first kappa shape index (κ1) is 17.8. The molecule has 0 unspecified atom stereocenters. The van der Waals surface area contributed by atoms with E-state index >= 15 is 0 Å². The zero-order valence-electron chi connectivity index (χ0n) is 15.5. The van der Waals surface area contributed by atoms with Crippen LogP contribution in [0.15, 0.2) is 53.7 Å². The van der Waals surface area contributed by atoms with Crippen molar-refractivity contribution >= 4 is 6.03 Å². The van der Waals surface area contributed by atoms with E-state index in [4.69, 9.17) is 4.74 Å². The Morgan fingerprint density at radius 2 is 2.07 bits per heavy atom. The molecule has 1 saturated heterocycles. The third-order valence-electron chi connectivity index (χ3n) is 4.81. The van der Waals surface area contributed by atoms with Gasteiger partial charge in [-0.3, -0.25) is 4.79 Å². The molecular formula is C20H21N5O3. The van der Waals surface area contributed by atoms with Crippen LogP contribution in [0.5, 0.6) is 5.75 Å². The van der Waals surface area contributed by atoms with Crippen molar-refractivity contribution in [1.29, 1.82) is 0 Å². The van der Waals surface area contributed by atoms with E-state index in [1.165, 1.54) is 0 Å². The summed E-state index contributed by atoms with van der Waals surface area (Å²) < 4.78 is 7.25. The summed E-state index contributed by atoms with van der Waals surface area (Å²) in [6.45, 7) is 2.41. The maximum atomic E-state index is 12.5. The molecule has 1 aliphatic heterocycles. The summed E-state index contributed by atoms with van der Waals surface area (Å²) >= 11 is 0. The lowest BCUT2D eigenvalue weighted by Gasteiger charge is -2.16. The summed E-state index contributed by atoms with van der Waals surface area (Å²) in [7, 11) is 1.61. The SMILES string of the molecule is COc1cccc(-c2ncn(CCN3CCNC3=O)c2-c2ccc[nH]c2=O)c1. The van der Waals surface area contributed by atoms with Crippen LogP contribution < -0.4 is 15.6 Å². The van der Waals surface area contributed by atoms with Crippen LogP contribution in [-0.4, -0.2) is 52.2 Å². The van der Waals surface area contributed by atoms with Gasteiger partial charge in [-0.15, -0.1) is 0 Å². The quantitative estimate of drug-likeness (QED) is 0.685. The standard InChI is InChI=1S/C20H21N5O3/c1-28-15-5-2-4-14(12-15)17-18(16-6-3-7-21-19(16)26)25(13-23-17)11-10-24-9-8-22-20(24)27/h2-7,12-13H,8-11H2,1H3,(H,21,26)(H,22,27). The number of carbonyl (C=O) groups is 1. The van der Waals surface area contributed by atoms with Crippen molar-refractivity contribution in [1.82, 2.24) is 24.8 Å². The lowest BCUT2D eigenvalue weighted by molar-refractivity contribution is 0.215. The molecule has 0 spiro atoms. The van der Waals surface area contributed by atoms with Gasteiger partial charge < -0.3 is 24.5 Å². The Bertz CT molecular complexity index is 1060. The number of rotatable bonds is 6. The Kier molecular flexibility index (Phi) is 4.84. The number of amides is 2. The number of nitrogens with zero attached hydrogens (tertiary/aromatic N) is 3. The van der Waals surface area contributed by atoms with Crippen LogP contribution in [0.4, 0.5) is 4.79 Å². The van der Waals surface area contributed by atoms with Crippen LogP contribution in [0.3, 0.4) is 0 Å². The zero-order valence-corrected chi connectivity index (χ0v) is 15.5. The maximum absolute atomic E-state index is 12.5. The van der Waals surface area contributed by atoms with E-state index < -0.39 is 0 Å². The fraction of sp³-hybridized carbons (Fsp3) is 0.250. The molecule has 8 nitrogen and oxygen atoms in total. The Balaban J connectivity index is 1.76. The summed E-state index contributed by atoms with van der Waals surface area (Å²) in [5.41, 5.74) is 2.61. The second-order valence-corrected chi connectivity index (χ2v) is 6.50. The fourth-order valence-electron chi connectivity index (χ4n) is 3.38. The molecule has 2 amide bonds. The van der Waals surface area contributed by atoms with E-state index in [0.29, 0.717) is 43.2 Å². The minimum Gasteiger partial charge on any atom is -0.497 e. The summed E-state index contributed by atoms with van der Waals surface area (Å²) in [6.07, 6.45) is 3.32. The average molecular weight is 379 g/mol. The van der Waals surface area contributed by atoms with Gasteiger partial charge in [-0.1, -0.05) is 12.1 Å².